The molecule has 0 bridgehead atoms. The first-order valence-electron chi connectivity index (χ1n) is 29.1. The maximum Gasteiger partial charge on any atom is 0.306 e. The van der Waals surface area contributed by atoms with Gasteiger partial charge in [-0.15, -0.1) is 0 Å². The Labute approximate surface area is 416 Å². The quantitative estimate of drug-likeness (QED) is 0.0262. The van der Waals surface area contributed by atoms with Gasteiger partial charge < -0.3 is 14.2 Å². The third-order valence-corrected chi connectivity index (χ3v) is 12.8. The lowest BCUT2D eigenvalue weighted by Gasteiger charge is -2.18. The number of hydrogen-bond acceptors (Lipinski definition) is 6. The minimum atomic E-state index is -0.798. The zero-order valence-electron chi connectivity index (χ0n) is 44.7. The van der Waals surface area contributed by atoms with Crippen molar-refractivity contribution in [2.45, 2.75) is 309 Å². The molecule has 1 atom stereocenters. The summed E-state index contributed by atoms with van der Waals surface area (Å²) < 4.78 is 16.8. The highest BCUT2D eigenvalue weighted by atomic mass is 16.6. The van der Waals surface area contributed by atoms with Gasteiger partial charge in [-0.25, -0.2) is 0 Å². The van der Waals surface area contributed by atoms with E-state index < -0.39 is 6.10 Å². The van der Waals surface area contributed by atoms with Gasteiger partial charge in [0.2, 0.25) is 0 Å². The lowest BCUT2D eigenvalue weighted by molar-refractivity contribution is -0.167. The van der Waals surface area contributed by atoms with Crippen LogP contribution in [0, 0.1) is 0 Å². The minimum absolute atomic E-state index is 0.0904. The monoisotopic (exact) mass is 939 g/mol. The maximum absolute atomic E-state index is 12.8. The molecule has 0 N–H and O–H groups in total. The third kappa shape index (κ3) is 54.2. The molecule has 0 fully saturated rings. The molecule has 6 heteroatoms. The van der Waals surface area contributed by atoms with Crippen molar-refractivity contribution in [3.63, 3.8) is 0 Å². The number of allylic oxidation sites excluding steroid dienone is 8. The van der Waals surface area contributed by atoms with Crippen molar-refractivity contribution in [3.05, 3.63) is 48.6 Å². The van der Waals surface area contributed by atoms with Gasteiger partial charge in [0, 0.05) is 19.3 Å². The molecule has 0 aromatic heterocycles. The number of hydrogen-bond donors (Lipinski definition) is 0. The van der Waals surface area contributed by atoms with Gasteiger partial charge in [-0.3, -0.25) is 14.4 Å². The number of rotatable bonds is 53. The van der Waals surface area contributed by atoms with E-state index in [4.69, 9.17) is 14.2 Å². The molecule has 0 radical (unpaired) electrons. The standard InChI is InChI=1S/C61H110O6/c1-4-7-10-13-16-19-22-25-27-29-30-32-33-36-39-42-45-48-51-54-60(63)66-57-58(56-65-59(62)53-50-47-44-41-38-35-24-21-18-15-12-9-6-3)67-61(64)55-52-49-46-43-40-37-34-31-28-26-23-20-17-14-11-8-5-2/h17,20,26,28,34,37,43,46,58H,4-16,18-19,21-25,27,29-33,35-36,38-42,44-45,47-57H2,1-3H3/b20-17-,28-26-,37-34-,46-43-/t58-/m0/s1. The number of ether oxygens (including phenoxy) is 3. The summed E-state index contributed by atoms with van der Waals surface area (Å²) in [4.78, 5) is 38.1. The van der Waals surface area contributed by atoms with Crippen LogP contribution in [0.3, 0.4) is 0 Å². The summed E-state index contributed by atoms with van der Waals surface area (Å²) in [5.74, 6) is -0.930. The van der Waals surface area contributed by atoms with Gasteiger partial charge in [0.25, 0.3) is 0 Å². The highest BCUT2D eigenvalue weighted by Gasteiger charge is 2.19. The molecule has 0 aromatic carbocycles. The molecule has 0 heterocycles. The molecule has 0 saturated heterocycles. The number of unbranched alkanes of at least 4 members (excludes halogenated alkanes) is 34. The Hall–Kier alpha value is -2.63. The zero-order chi connectivity index (χ0) is 48.6. The topological polar surface area (TPSA) is 78.9 Å². The van der Waals surface area contributed by atoms with E-state index >= 15 is 0 Å². The van der Waals surface area contributed by atoms with E-state index in [2.05, 4.69) is 69.4 Å². The summed E-state index contributed by atoms with van der Waals surface area (Å²) in [6, 6.07) is 0. The first kappa shape index (κ1) is 64.4. The lowest BCUT2D eigenvalue weighted by Crippen LogP contribution is -2.30. The summed E-state index contributed by atoms with van der Waals surface area (Å²) in [5, 5.41) is 0. The van der Waals surface area contributed by atoms with Crippen molar-refractivity contribution < 1.29 is 28.6 Å². The first-order valence-corrected chi connectivity index (χ1v) is 29.1. The fourth-order valence-electron chi connectivity index (χ4n) is 8.44. The number of carbonyl (C=O) groups is 3. The molecule has 0 rings (SSSR count). The predicted octanol–water partition coefficient (Wildman–Crippen LogP) is 19.4. The van der Waals surface area contributed by atoms with Crippen molar-refractivity contribution in [3.8, 4) is 0 Å². The average Bonchev–Trinajstić information content (AvgIpc) is 3.33. The Kier molecular flexibility index (Phi) is 53.8. The lowest BCUT2D eigenvalue weighted by atomic mass is 10.0. The molecular weight excluding hydrogens is 829 g/mol. The molecule has 390 valence electrons. The summed E-state index contributed by atoms with van der Waals surface area (Å²) >= 11 is 0. The van der Waals surface area contributed by atoms with Crippen LogP contribution in [-0.2, 0) is 28.6 Å². The molecule has 0 aliphatic carbocycles. The Balaban J connectivity index is 4.39. The van der Waals surface area contributed by atoms with Crippen molar-refractivity contribution in [2.75, 3.05) is 13.2 Å². The Bertz CT molecular complexity index is 1170. The summed E-state index contributed by atoms with van der Waals surface area (Å²) in [6.45, 7) is 6.60. The number of carbonyl (C=O) groups excluding carboxylic acids is 3. The van der Waals surface area contributed by atoms with E-state index in [0.717, 1.165) is 64.2 Å². The van der Waals surface area contributed by atoms with E-state index in [1.165, 1.54) is 193 Å². The molecule has 0 aliphatic rings. The van der Waals surface area contributed by atoms with E-state index in [1.54, 1.807) is 0 Å². The largest absolute Gasteiger partial charge is 0.462 e. The van der Waals surface area contributed by atoms with Crippen LogP contribution in [0.15, 0.2) is 48.6 Å². The van der Waals surface area contributed by atoms with E-state index in [1.807, 2.05) is 0 Å². The van der Waals surface area contributed by atoms with Gasteiger partial charge in [-0.2, -0.15) is 0 Å². The maximum atomic E-state index is 12.8. The van der Waals surface area contributed by atoms with Crippen LogP contribution in [0.1, 0.15) is 303 Å². The minimum Gasteiger partial charge on any atom is -0.462 e. The molecular formula is C61H110O6. The van der Waals surface area contributed by atoms with Crippen LogP contribution in [-0.4, -0.2) is 37.2 Å². The van der Waals surface area contributed by atoms with Crippen LogP contribution in [0.5, 0.6) is 0 Å². The first-order chi connectivity index (χ1) is 33.0. The van der Waals surface area contributed by atoms with Crippen LogP contribution in [0.4, 0.5) is 0 Å². The van der Waals surface area contributed by atoms with Crippen molar-refractivity contribution in [1.82, 2.24) is 0 Å². The molecule has 6 nitrogen and oxygen atoms in total. The predicted molar refractivity (Wildman–Crippen MR) is 289 cm³/mol. The van der Waals surface area contributed by atoms with Gasteiger partial charge in [0.05, 0.1) is 0 Å². The van der Waals surface area contributed by atoms with Gasteiger partial charge >= 0.3 is 17.9 Å². The van der Waals surface area contributed by atoms with Crippen LogP contribution >= 0.6 is 0 Å². The number of esters is 3. The van der Waals surface area contributed by atoms with Gasteiger partial charge in [0.15, 0.2) is 6.10 Å². The molecule has 0 unspecified atom stereocenters. The van der Waals surface area contributed by atoms with E-state index in [9.17, 15) is 14.4 Å². The van der Waals surface area contributed by atoms with Crippen LogP contribution in [0.2, 0.25) is 0 Å². The van der Waals surface area contributed by atoms with Gasteiger partial charge in [-0.1, -0.05) is 275 Å². The van der Waals surface area contributed by atoms with E-state index in [0.29, 0.717) is 19.3 Å². The molecule has 67 heavy (non-hydrogen) atoms. The summed E-state index contributed by atoms with van der Waals surface area (Å²) in [7, 11) is 0. The second-order valence-electron chi connectivity index (χ2n) is 19.6. The third-order valence-electron chi connectivity index (χ3n) is 12.8. The molecule has 0 amide bonds. The van der Waals surface area contributed by atoms with Crippen LogP contribution in [0.25, 0.3) is 0 Å². The molecule has 0 spiro atoms. The summed E-state index contributed by atoms with van der Waals surface area (Å²) in [5.41, 5.74) is 0. The fraction of sp³-hybridized carbons (Fsp3) is 0.820. The fourth-order valence-corrected chi connectivity index (χ4v) is 8.44. The molecule has 0 aliphatic heterocycles. The molecule has 0 aromatic rings. The zero-order valence-corrected chi connectivity index (χ0v) is 44.7. The Morgan fingerprint density at radius 2 is 0.552 bits per heavy atom. The van der Waals surface area contributed by atoms with Crippen molar-refractivity contribution >= 4 is 17.9 Å². The second kappa shape index (κ2) is 56.0. The molecule has 0 saturated carbocycles. The van der Waals surface area contributed by atoms with Gasteiger partial charge in [-0.05, 0) is 57.8 Å². The Morgan fingerprint density at radius 3 is 0.881 bits per heavy atom. The second-order valence-corrected chi connectivity index (χ2v) is 19.6. The normalized spacial score (nSPS) is 12.3. The average molecular weight is 940 g/mol. The van der Waals surface area contributed by atoms with Crippen LogP contribution < -0.4 is 0 Å². The van der Waals surface area contributed by atoms with E-state index in [-0.39, 0.29) is 37.5 Å². The Morgan fingerprint density at radius 1 is 0.299 bits per heavy atom. The SMILES string of the molecule is CCCCC/C=C\C/C=C\C/C=C\C/C=C\CCCC(=O)O[C@@H](COC(=O)CCCCCCCCCCCCCCC)COC(=O)CCCCCCCCCCCCCCCCCCCCC. The smallest absolute Gasteiger partial charge is 0.306 e. The van der Waals surface area contributed by atoms with Crippen molar-refractivity contribution in [2.24, 2.45) is 0 Å². The van der Waals surface area contributed by atoms with Crippen molar-refractivity contribution in [1.29, 1.82) is 0 Å². The highest BCUT2D eigenvalue weighted by Crippen LogP contribution is 2.17. The highest BCUT2D eigenvalue weighted by molar-refractivity contribution is 5.71. The van der Waals surface area contributed by atoms with Gasteiger partial charge in [0.1, 0.15) is 13.2 Å². The summed E-state index contributed by atoms with van der Waals surface area (Å²) in [6.07, 6.45) is 68.2.